The molecule has 29 heavy (non-hydrogen) atoms. The molecule has 0 aromatic heterocycles. The van der Waals surface area contributed by atoms with Crippen molar-refractivity contribution in [3.8, 4) is 11.8 Å². The second-order valence-electron chi connectivity index (χ2n) is 6.06. The Kier molecular flexibility index (Phi) is 6.11. The number of halogens is 6. The molecule has 154 valence electrons. The zero-order chi connectivity index (χ0) is 22.0. The van der Waals surface area contributed by atoms with Crippen LogP contribution in [-0.2, 0) is 18.8 Å². The summed E-state index contributed by atoms with van der Waals surface area (Å²) >= 11 is 0. The lowest BCUT2D eigenvalue weighted by atomic mass is 10.0. The quantitative estimate of drug-likeness (QED) is 0.600. The van der Waals surface area contributed by atoms with Crippen LogP contribution >= 0.6 is 0 Å². The second kappa shape index (κ2) is 8.03. The zero-order valence-electron chi connectivity index (χ0n) is 15.1. The lowest BCUT2D eigenvalue weighted by Crippen LogP contribution is -2.31. The third kappa shape index (κ3) is 4.99. The van der Waals surface area contributed by atoms with E-state index in [1.807, 2.05) is 6.07 Å². The van der Waals surface area contributed by atoms with Gasteiger partial charge in [0.25, 0.3) is 0 Å². The zero-order valence-corrected chi connectivity index (χ0v) is 15.1. The van der Waals surface area contributed by atoms with Crippen LogP contribution in [0.25, 0.3) is 0 Å². The number of para-hydroxylation sites is 1. The van der Waals surface area contributed by atoms with E-state index in [0.717, 1.165) is 11.8 Å². The highest BCUT2D eigenvalue weighted by Gasteiger charge is 2.40. The summed E-state index contributed by atoms with van der Waals surface area (Å²) in [7, 11) is 1.21. The topological polar surface area (TPSA) is 53.3 Å². The molecule has 2 rings (SSSR count). The number of alkyl halides is 6. The molecule has 0 aliphatic heterocycles. The number of carbonyl (C=O) groups is 1. The Labute approximate surface area is 161 Å². The molecule has 4 nitrogen and oxygen atoms in total. The normalized spacial score (nSPS) is 11.7. The predicted octanol–water partition coefficient (Wildman–Crippen LogP) is 5.73. The monoisotopic (exact) mass is 416 g/mol. The van der Waals surface area contributed by atoms with Gasteiger partial charge in [0.05, 0.1) is 29.3 Å². The maximum atomic E-state index is 13.3. The van der Waals surface area contributed by atoms with Crippen LogP contribution in [-0.4, -0.2) is 13.1 Å². The van der Waals surface area contributed by atoms with E-state index in [9.17, 15) is 31.1 Å². The fourth-order valence-corrected chi connectivity index (χ4v) is 2.61. The van der Waals surface area contributed by atoms with E-state index in [4.69, 9.17) is 10.00 Å². The molecule has 2 aromatic rings. The van der Waals surface area contributed by atoms with Crippen molar-refractivity contribution in [3.05, 3.63) is 58.7 Å². The van der Waals surface area contributed by atoms with E-state index in [0.29, 0.717) is 11.6 Å². The molecule has 0 aliphatic rings. The van der Waals surface area contributed by atoms with E-state index in [-0.39, 0.29) is 18.2 Å². The smallest absolute Gasteiger partial charge is 0.409 e. The van der Waals surface area contributed by atoms with E-state index < -0.39 is 40.9 Å². The minimum atomic E-state index is -5.18. The summed E-state index contributed by atoms with van der Waals surface area (Å²) in [4.78, 5) is 13.3. The van der Waals surface area contributed by atoms with Gasteiger partial charge < -0.3 is 4.74 Å². The Hall–Kier alpha value is -3.22. The molecular formula is C19H14F6N2O2. The highest BCUT2D eigenvalue weighted by molar-refractivity contribution is 5.90. The van der Waals surface area contributed by atoms with Gasteiger partial charge in [-0.05, 0) is 36.2 Å². The number of nitriles is 1. The number of aryl methyl sites for hydroxylation is 1. The number of anilines is 1. The maximum absolute atomic E-state index is 13.3. The Morgan fingerprint density at radius 1 is 1.10 bits per heavy atom. The van der Waals surface area contributed by atoms with Gasteiger partial charge in [-0.2, -0.15) is 31.6 Å². The van der Waals surface area contributed by atoms with Gasteiger partial charge in [-0.15, -0.1) is 0 Å². The average molecular weight is 416 g/mol. The largest absolute Gasteiger partial charge is 0.420 e. The van der Waals surface area contributed by atoms with Gasteiger partial charge in [0.15, 0.2) is 0 Å². The number of hydrogen-bond donors (Lipinski definition) is 0. The lowest BCUT2D eigenvalue weighted by molar-refractivity contribution is -0.143. The van der Waals surface area contributed by atoms with Crippen molar-refractivity contribution in [2.24, 2.45) is 0 Å². The molecule has 10 heteroatoms. The summed E-state index contributed by atoms with van der Waals surface area (Å²) in [5.74, 6) is -1.01. The summed E-state index contributed by atoms with van der Waals surface area (Å²) in [6, 6.07) is 8.43. The summed E-state index contributed by atoms with van der Waals surface area (Å²) < 4.78 is 83.5. The Bertz CT molecular complexity index is 961. The minimum Gasteiger partial charge on any atom is -0.409 e. The van der Waals surface area contributed by atoms with Crippen LogP contribution in [0.15, 0.2) is 36.4 Å². The first-order valence-corrected chi connectivity index (χ1v) is 8.05. The van der Waals surface area contributed by atoms with Crippen molar-refractivity contribution in [3.63, 3.8) is 0 Å². The summed E-state index contributed by atoms with van der Waals surface area (Å²) in [5, 5.41) is 8.85. The molecule has 0 aliphatic carbocycles. The standard InChI is InChI=1S/C19H14F6N2O2/c1-11-9-13(18(20,21)22)10-14(19(23,24)25)16(11)29-17(28)27(2)15-6-4-3-5-12(15)7-8-26/h3-6,9-10H,7H2,1-2H3. The second-order valence-corrected chi connectivity index (χ2v) is 6.06. The third-order valence-corrected chi connectivity index (χ3v) is 3.99. The van der Waals surface area contributed by atoms with Crippen molar-refractivity contribution < 1.29 is 35.9 Å². The van der Waals surface area contributed by atoms with Gasteiger partial charge in [-0.1, -0.05) is 18.2 Å². The van der Waals surface area contributed by atoms with E-state index in [1.165, 1.54) is 13.1 Å². The molecule has 0 atom stereocenters. The molecule has 2 aromatic carbocycles. The molecular weight excluding hydrogens is 402 g/mol. The first kappa shape index (κ1) is 22.1. The molecule has 1 amide bonds. The third-order valence-electron chi connectivity index (χ3n) is 3.99. The number of ether oxygens (including phenoxy) is 1. The number of rotatable bonds is 3. The van der Waals surface area contributed by atoms with Gasteiger partial charge in [0.2, 0.25) is 0 Å². The molecule has 0 radical (unpaired) electrons. The van der Waals surface area contributed by atoms with Crippen molar-refractivity contribution in [1.29, 1.82) is 5.26 Å². The fourth-order valence-electron chi connectivity index (χ4n) is 2.61. The maximum Gasteiger partial charge on any atom is 0.420 e. The van der Waals surface area contributed by atoms with Crippen LogP contribution in [0.1, 0.15) is 22.3 Å². The number of carbonyl (C=O) groups excluding carboxylic acids is 1. The molecule has 0 saturated carbocycles. The van der Waals surface area contributed by atoms with Crippen LogP contribution in [0.2, 0.25) is 0 Å². The van der Waals surface area contributed by atoms with E-state index in [1.54, 1.807) is 18.2 Å². The Morgan fingerprint density at radius 3 is 2.28 bits per heavy atom. The van der Waals surface area contributed by atoms with E-state index in [2.05, 4.69) is 0 Å². The SMILES string of the molecule is Cc1cc(C(F)(F)F)cc(C(F)(F)F)c1OC(=O)N(C)c1ccccc1CC#N. The lowest BCUT2D eigenvalue weighted by Gasteiger charge is -2.22. The van der Waals surface area contributed by atoms with Crippen LogP contribution < -0.4 is 9.64 Å². The molecule has 0 fully saturated rings. The first-order valence-electron chi connectivity index (χ1n) is 8.05. The van der Waals surface area contributed by atoms with Crippen LogP contribution in [0, 0.1) is 18.3 Å². The van der Waals surface area contributed by atoms with Crippen molar-refractivity contribution in [1.82, 2.24) is 0 Å². The fraction of sp³-hybridized carbons (Fsp3) is 0.263. The van der Waals surface area contributed by atoms with Gasteiger partial charge >= 0.3 is 18.4 Å². The van der Waals surface area contributed by atoms with Gasteiger partial charge in [-0.3, -0.25) is 4.90 Å². The van der Waals surface area contributed by atoms with E-state index >= 15 is 0 Å². The molecule has 0 heterocycles. The first-order chi connectivity index (χ1) is 13.4. The van der Waals surface area contributed by atoms with Crippen LogP contribution in [0.5, 0.6) is 5.75 Å². The van der Waals surface area contributed by atoms with Gasteiger partial charge in [-0.25, -0.2) is 4.79 Å². The minimum absolute atomic E-state index is 0.0685. The van der Waals surface area contributed by atoms with Crippen molar-refractivity contribution >= 4 is 11.8 Å². The predicted molar refractivity (Wildman–Crippen MR) is 91.4 cm³/mol. The van der Waals surface area contributed by atoms with Crippen molar-refractivity contribution in [2.75, 3.05) is 11.9 Å². The number of nitrogens with zero attached hydrogens (tertiary/aromatic N) is 2. The van der Waals surface area contributed by atoms with Crippen LogP contribution in [0.4, 0.5) is 36.8 Å². The molecule has 0 N–H and O–H groups in total. The van der Waals surface area contributed by atoms with Gasteiger partial charge in [0.1, 0.15) is 5.75 Å². The summed E-state index contributed by atoms with van der Waals surface area (Å²) in [5.41, 5.74) is -3.07. The number of hydrogen-bond acceptors (Lipinski definition) is 3. The highest BCUT2D eigenvalue weighted by atomic mass is 19.4. The number of benzene rings is 2. The van der Waals surface area contributed by atoms with Gasteiger partial charge in [0, 0.05) is 7.05 Å². The average Bonchev–Trinajstić information content (AvgIpc) is 2.61. The molecule has 0 spiro atoms. The molecule has 0 bridgehead atoms. The molecule has 0 unspecified atom stereocenters. The summed E-state index contributed by atoms with van der Waals surface area (Å²) in [6.07, 6.45) is -11.5. The molecule has 0 saturated heterocycles. The Morgan fingerprint density at radius 2 is 1.72 bits per heavy atom. The highest BCUT2D eigenvalue weighted by Crippen LogP contribution is 2.42. The van der Waals surface area contributed by atoms with Crippen LogP contribution in [0.3, 0.4) is 0 Å². The number of amides is 1. The Balaban J connectivity index is 2.46. The van der Waals surface area contributed by atoms with Crippen molar-refractivity contribution in [2.45, 2.75) is 25.7 Å². The summed E-state index contributed by atoms with van der Waals surface area (Å²) in [6.45, 7) is 0.983.